The summed E-state index contributed by atoms with van der Waals surface area (Å²) in [6, 6.07) is 16.8. The summed E-state index contributed by atoms with van der Waals surface area (Å²) in [5, 5.41) is 4.33. The zero-order valence-electron chi connectivity index (χ0n) is 12.3. The fourth-order valence-corrected chi connectivity index (χ4v) is 2.40. The first-order chi connectivity index (χ1) is 11.2. The number of carbonyl (C=O) groups is 1. The molecule has 116 valence electrons. The van der Waals surface area contributed by atoms with Gasteiger partial charge in [-0.15, -0.1) is 0 Å². The van der Waals surface area contributed by atoms with Crippen LogP contribution >= 0.6 is 11.6 Å². The van der Waals surface area contributed by atoms with Crippen LogP contribution in [-0.4, -0.2) is 17.7 Å². The number of carbonyl (C=O) groups excluding carboxylic acids is 1. The van der Waals surface area contributed by atoms with E-state index in [0.29, 0.717) is 23.7 Å². The summed E-state index contributed by atoms with van der Waals surface area (Å²) in [5.74, 6) is 0. The van der Waals surface area contributed by atoms with E-state index in [1.165, 1.54) is 0 Å². The smallest absolute Gasteiger partial charge is 0.411 e. The molecule has 1 amide bonds. The van der Waals surface area contributed by atoms with Gasteiger partial charge in [-0.3, -0.25) is 10.3 Å². The second kappa shape index (κ2) is 7.11. The Kier molecular flexibility index (Phi) is 4.74. The standard InChI is InChI=1S/C18H15ClN2O2/c19-14-8-6-13(7-9-14)10-12-23-18(22)21-17-5-1-4-16-15(17)3-2-11-20-16/h1-9,11H,10,12H2,(H,21,22). The van der Waals surface area contributed by atoms with Gasteiger partial charge in [-0.2, -0.15) is 0 Å². The third-order valence-electron chi connectivity index (χ3n) is 3.42. The molecule has 0 aliphatic heterocycles. The Balaban J connectivity index is 1.57. The van der Waals surface area contributed by atoms with Crippen LogP contribution in [0, 0.1) is 0 Å². The highest BCUT2D eigenvalue weighted by atomic mass is 35.5. The van der Waals surface area contributed by atoms with Crippen LogP contribution in [0.1, 0.15) is 5.56 Å². The van der Waals surface area contributed by atoms with E-state index >= 15 is 0 Å². The summed E-state index contributed by atoms with van der Waals surface area (Å²) < 4.78 is 5.23. The SMILES string of the molecule is O=C(Nc1cccc2ncccc12)OCCc1ccc(Cl)cc1. The van der Waals surface area contributed by atoms with Crippen LogP contribution in [-0.2, 0) is 11.2 Å². The lowest BCUT2D eigenvalue weighted by Gasteiger charge is -2.09. The van der Waals surface area contributed by atoms with Crippen molar-refractivity contribution < 1.29 is 9.53 Å². The minimum atomic E-state index is -0.477. The van der Waals surface area contributed by atoms with Crippen LogP contribution in [0.25, 0.3) is 10.9 Å². The maximum atomic E-state index is 11.9. The predicted octanol–water partition coefficient (Wildman–Crippen LogP) is 4.68. The average Bonchev–Trinajstić information content (AvgIpc) is 2.57. The maximum absolute atomic E-state index is 11.9. The van der Waals surface area contributed by atoms with Crippen molar-refractivity contribution in [1.82, 2.24) is 4.98 Å². The highest BCUT2D eigenvalue weighted by molar-refractivity contribution is 6.30. The lowest BCUT2D eigenvalue weighted by Crippen LogP contribution is -2.15. The Morgan fingerprint density at radius 2 is 1.91 bits per heavy atom. The maximum Gasteiger partial charge on any atom is 0.411 e. The largest absolute Gasteiger partial charge is 0.449 e. The fraction of sp³-hybridized carbons (Fsp3) is 0.111. The first-order valence-electron chi connectivity index (χ1n) is 7.24. The van der Waals surface area contributed by atoms with Gasteiger partial charge in [0.15, 0.2) is 0 Å². The third-order valence-corrected chi connectivity index (χ3v) is 3.67. The van der Waals surface area contributed by atoms with Crippen molar-refractivity contribution in [2.24, 2.45) is 0 Å². The number of nitrogens with one attached hydrogen (secondary N) is 1. The number of rotatable bonds is 4. The summed E-state index contributed by atoms with van der Waals surface area (Å²) in [6.07, 6.45) is 1.88. The molecule has 1 heterocycles. The molecule has 5 heteroatoms. The van der Waals surface area contributed by atoms with Gasteiger partial charge in [0, 0.05) is 23.0 Å². The Labute approximate surface area is 139 Å². The molecule has 0 unspecified atom stereocenters. The minimum absolute atomic E-state index is 0.302. The molecule has 0 spiro atoms. The number of aromatic nitrogens is 1. The molecule has 0 fully saturated rings. The van der Waals surface area contributed by atoms with Gasteiger partial charge in [0.2, 0.25) is 0 Å². The number of benzene rings is 2. The topological polar surface area (TPSA) is 51.2 Å². The van der Waals surface area contributed by atoms with Crippen LogP contribution in [0.5, 0.6) is 0 Å². The van der Waals surface area contributed by atoms with Crippen molar-refractivity contribution >= 4 is 34.3 Å². The number of amides is 1. The van der Waals surface area contributed by atoms with Crippen LogP contribution in [0.3, 0.4) is 0 Å². The molecule has 3 aromatic rings. The van der Waals surface area contributed by atoms with E-state index < -0.39 is 6.09 Å². The summed E-state index contributed by atoms with van der Waals surface area (Å²) in [5.41, 5.74) is 2.58. The molecule has 23 heavy (non-hydrogen) atoms. The van der Waals surface area contributed by atoms with E-state index in [2.05, 4.69) is 10.3 Å². The summed E-state index contributed by atoms with van der Waals surface area (Å²) in [7, 11) is 0. The summed E-state index contributed by atoms with van der Waals surface area (Å²) in [6.45, 7) is 0.302. The van der Waals surface area contributed by atoms with Gasteiger partial charge in [-0.25, -0.2) is 4.79 Å². The minimum Gasteiger partial charge on any atom is -0.449 e. The third kappa shape index (κ3) is 3.99. The van der Waals surface area contributed by atoms with Crippen molar-refractivity contribution in [1.29, 1.82) is 0 Å². The molecule has 0 bridgehead atoms. The molecule has 0 saturated heterocycles. The average molecular weight is 327 g/mol. The van der Waals surface area contributed by atoms with Crippen LogP contribution in [0.2, 0.25) is 5.02 Å². The number of halogens is 1. The number of fused-ring (bicyclic) bond motifs is 1. The van der Waals surface area contributed by atoms with Gasteiger partial charge in [-0.05, 0) is 42.0 Å². The van der Waals surface area contributed by atoms with E-state index in [0.717, 1.165) is 16.5 Å². The van der Waals surface area contributed by atoms with E-state index in [1.807, 2.05) is 54.6 Å². The molecule has 0 aliphatic rings. The Hall–Kier alpha value is -2.59. The molecule has 4 nitrogen and oxygen atoms in total. The number of ether oxygens (including phenoxy) is 1. The number of hydrogen-bond acceptors (Lipinski definition) is 3. The van der Waals surface area contributed by atoms with Crippen LogP contribution in [0.4, 0.5) is 10.5 Å². The fourth-order valence-electron chi connectivity index (χ4n) is 2.27. The van der Waals surface area contributed by atoms with Gasteiger partial charge in [0.1, 0.15) is 0 Å². The summed E-state index contributed by atoms with van der Waals surface area (Å²) in [4.78, 5) is 16.2. The van der Waals surface area contributed by atoms with Crippen molar-refractivity contribution in [3.63, 3.8) is 0 Å². The molecular weight excluding hydrogens is 312 g/mol. The molecule has 2 aromatic carbocycles. The van der Waals surface area contributed by atoms with Crippen molar-refractivity contribution in [2.45, 2.75) is 6.42 Å². The second-order valence-electron chi connectivity index (χ2n) is 5.01. The molecule has 1 aromatic heterocycles. The number of pyridine rings is 1. The highest BCUT2D eigenvalue weighted by Gasteiger charge is 2.07. The predicted molar refractivity (Wildman–Crippen MR) is 91.9 cm³/mol. The quantitative estimate of drug-likeness (QED) is 0.757. The second-order valence-corrected chi connectivity index (χ2v) is 5.45. The van der Waals surface area contributed by atoms with Gasteiger partial charge in [0.05, 0.1) is 17.8 Å². The monoisotopic (exact) mass is 326 g/mol. The van der Waals surface area contributed by atoms with Crippen molar-refractivity contribution in [3.05, 3.63) is 71.4 Å². The zero-order chi connectivity index (χ0) is 16.1. The first-order valence-corrected chi connectivity index (χ1v) is 7.62. The molecular formula is C18H15ClN2O2. The lowest BCUT2D eigenvalue weighted by atomic mass is 10.2. The van der Waals surface area contributed by atoms with E-state index in [9.17, 15) is 4.79 Å². The normalized spacial score (nSPS) is 10.5. The van der Waals surface area contributed by atoms with Crippen molar-refractivity contribution in [3.8, 4) is 0 Å². The number of nitrogens with zero attached hydrogens (tertiary/aromatic N) is 1. The molecule has 0 radical (unpaired) electrons. The van der Waals surface area contributed by atoms with E-state index in [1.54, 1.807) is 6.20 Å². The Morgan fingerprint density at radius 1 is 1.09 bits per heavy atom. The van der Waals surface area contributed by atoms with Gasteiger partial charge < -0.3 is 4.74 Å². The van der Waals surface area contributed by atoms with E-state index in [4.69, 9.17) is 16.3 Å². The molecule has 1 N–H and O–H groups in total. The molecule has 3 rings (SSSR count). The zero-order valence-corrected chi connectivity index (χ0v) is 13.1. The van der Waals surface area contributed by atoms with Gasteiger partial charge in [-0.1, -0.05) is 29.8 Å². The molecule has 0 atom stereocenters. The van der Waals surface area contributed by atoms with Crippen molar-refractivity contribution in [2.75, 3.05) is 11.9 Å². The number of anilines is 1. The van der Waals surface area contributed by atoms with Gasteiger partial charge >= 0.3 is 6.09 Å². The molecule has 0 aliphatic carbocycles. The molecule has 0 saturated carbocycles. The number of hydrogen-bond donors (Lipinski definition) is 1. The van der Waals surface area contributed by atoms with Crippen LogP contribution in [0.15, 0.2) is 60.8 Å². The van der Waals surface area contributed by atoms with Crippen LogP contribution < -0.4 is 5.32 Å². The lowest BCUT2D eigenvalue weighted by molar-refractivity contribution is 0.163. The van der Waals surface area contributed by atoms with Gasteiger partial charge in [0.25, 0.3) is 0 Å². The Bertz CT molecular complexity index is 813. The van der Waals surface area contributed by atoms with E-state index in [-0.39, 0.29) is 0 Å². The first kappa shape index (κ1) is 15.3. The summed E-state index contributed by atoms with van der Waals surface area (Å²) >= 11 is 5.83. The highest BCUT2D eigenvalue weighted by Crippen LogP contribution is 2.21. The Morgan fingerprint density at radius 3 is 2.74 bits per heavy atom.